The van der Waals surface area contributed by atoms with Crippen molar-refractivity contribution in [3.05, 3.63) is 35.9 Å². The predicted molar refractivity (Wildman–Crippen MR) is 75.3 cm³/mol. The van der Waals surface area contributed by atoms with Gasteiger partial charge in [-0.1, -0.05) is 37.3 Å². The number of nitrogens with one attached hydrogen (secondary N) is 2. The van der Waals surface area contributed by atoms with E-state index in [1.807, 2.05) is 0 Å². The van der Waals surface area contributed by atoms with Crippen LogP contribution in [-0.4, -0.2) is 23.7 Å². The van der Waals surface area contributed by atoms with Crippen LogP contribution in [0.3, 0.4) is 0 Å². The van der Waals surface area contributed by atoms with Gasteiger partial charge >= 0.3 is 12.0 Å². The molecule has 5 nitrogen and oxygen atoms in total. The molecule has 1 aliphatic carbocycles. The van der Waals surface area contributed by atoms with E-state index >= 15 is 0 Å². The lowest BCUT2D eigenvalue weighted by Gasteiger charge is -2.18. The second-order valence-corrected chi connectivity index (χ2v) is 5.36. The van der Waals surface area contributed by atoms with Crippen LogP contribution in [0, 0.1) is 5.41 Å². The number of rotatable bonds is 6. The highest BCUT2D eigenvalue weighted by atomic mass is 16.4. The van der Waals surface area contributed by atoms with Crippen LogP contribution in [0.15, 0.2) is 30.3 Å². The highest BCUT2D eigenvalue weighted by molar-refractivity contribution is 5.83. The highest BCUT2D eigenvalue weighted by Gasteiger charge is 2.40. The maximum absolute atomic E-state index is 11.8. The van der Waals surface area contributed by atoms with Gasteiger partial charge in [-0.15, -0.1) is 0 Å². The number of carbonyl (C=O) groups excluding carboxylic acids is 1. The maximum atomic E-state index is 11.8. The molecule has 1 fully saturated rings. The van der Waals surface area contributed by atoms with Gasteiger partial charge in [-0.05, 0) is 30.2 Å². The lowest BCUT2D eigenvalue weighted by atomic mass is 10.0. The lowest BCUT2D eigenvalue weighted by molar-refractivity contribution is -0.139. The molecule has 2 rings (SSSR count). The smallest absolute Gasteiger partial charge is 0.330 e. The maximum Gasteiger partial charge on any atom is 0.330 e. The van der Waals surface area contributed by atoms with E-state index in [1.54, 1.807) is 30.3 Å². The van der Waals surface area contributed by atoms with Crippen molar-refractivity contribution in [1.29, 1.82) is 0 Å². The molecule has 1 saturated carbocycles. The normalized spacial score (nSPS) is 17.1. The fourth-order valence-corrected chi connectivity index (χ4v) is 2.22. The second-order valence-electron chi connectivity index (χ2n) is 5.36. The summed E-state index contributed by atoms with van der Waals surface area (Å²) in [6.45, 7) is 2.72. The summed E-state index contributed by atoms with van der Waals surface area (Å²) in [6, 6.07) is 7.23. The van der Waals surface area contributed by atoms with Gasteiger partial charge < -0.3 is 15.7 Å². The molecule has 1 aliphatic rings. The molecule has 3 N–H and O–H groups in total. The predicted octanol–water partition coefficient (Wildman–Crippen LogP) is 2.30. The van der Waals surface area contributed by atoms with E-state index < -0.39 is 18.0 Å². The van der Waals surface area contributed by atoms with E-state index in [0.717, 1.165) is 19.3 Å². The Morgan fingerprint density at radius 1 is 1.30 bits per heavy atom. The molecule has 5 heteroatoms. The number of amides is 2. The molecule has 0 aliphatic heterocycles. The number of carboxylic acid groups (broad SMARTS) is 1. The van der Waals surface area contributed by atoms with Crippen molar-refractivity contribution >= 4 is 12.0 Å². The van der Waals surface area contributed by atoms with E-state index in [4.69, 9.17) is 0 Å². The molecular formula is C15H20N2O3. The van der Waals surface area contributed by atoms with Crippen molar-refractivity contribution in [1.82, 2.24) is 10.6 Å². The molecule has 0 radical (unpaired) electrons. The summed E-state index contributed by atoms with van der Waals surface area (Å²) in [7, 11) is 0. The van der Waals surface area contributed by atoms with Gasteiger partial charge in [0, 0.05) is 6.54 Å². The highest BCUT2D eigenvalue weighted by Crippen LogP contribution is 2.47. The summed E-state index contributed by atoms with van der Waals surface area (Å²) in [6.07, 6.45) is 3.30. The number of aliphatic carboxylic acids is 1. The Kier molecular flexibility index (Phi) is 4.27. The number of urea groups is 1. The van der Waals surface area contributed by atoms with Crippen molar-refractivity contribution in [3.8, 4) is 0 Å². The number of benzene rings is 1. The van der Waals surface area contributed by atoms with E-state index in [-0.39, 0.29) is 5.41 Å². The minimum atomic E-state index is -1.07. The number of carboxylic acids is 1. The Bertz CT molecular complexity index is 483. The van der Waals surface area contributed by atoms with Gasteiger partial charge in [0.1, 0.15) is 0 Å². The largest absolute Gasteiger partial charge is 0.479 e. The summed E-state index contributed by atoms with van der Waals surface area (Å²) < 4.78 is 0. The molecule has 0 aromatic heterocycles. The van der Waals surface area contributed by atoms with Gasteiger partial charge in [0.25, 0.3) is 0 Å². The van der Waals surface area contributed by atoms with Crippen molar-refractivity contribution in [2.45, 2.75) is 32.2 Å². The quantitative estimate of drug-likeness (QED) is 0.746. The van der Waals surface area contributed by atoms with Crippen molar-refractivity contribution < 1.29 is 14.7 Å². The molecule has 0 spiro atoms. The number of hydrogen-bond acceptors (Lipinski definition) is 2. The molecule has 20 heavy (non-hydrogen) atoms. The zero-order valence-electron chi connectivity index (χ0n) is 11.6. The van der Waals surface area contributed by atoms with Crippen LogP contribution < -0.4 is 10.6 Å². The molecule has 0 saturated heterocycles. The first-order valence-corrected chi connectivity index (χ1v) is 6.88. The van der Waals surface area contributed by atoms with Crippen molar-refractivity contribution in [3.63, 3.8) is 0 Å². The number of hydrogen-bond donors (Lipinski definition) is 3. The SMILES string of the molecule is CCC1(CNC(=O)N[C@H](C(=O)O)c2ccccc2)CC1. The molecule has 1 aromatic rings. The van der Waals surface area contributed by atoms with Gasteiger partial charge in [0.15, 0.2) is 6.04 Å². The first kappa shape index (κ1) is 14.4. The zero-order valence-corrected chi connectivity index (χ0v) is 11.6. The van der Waals surface area contributed by atoms with Crippen LogP contribution in [0.1, 0.15) is 37.8 Å². The van der Waals surface area contributed by atoms with E-state index in [2.05, 4.69) is 17.6 Å². The Morgan fingerprint density at radius 2 is 1.95 bits per heavy atom. The molecule has 0 bridgehead atoms. The third-order valence-corrected chi connectivity index (χ3v) is 3.99. The Balaban J connectivity index is 1.92. The van der Waals surface area contributed by atoms with Crippen LogP contribution >= 0.6 is 0 Å². The van der Waals surface area contributed by atoms with Gasteiger partial charge in [-0.3, -0.25) is 0 Å². The van der Waals surface area contributed by atoms with Crippen LogP contribution in [-0.2, 0) is 4.79 Å². The fraction of sp³-hybridized carbons (Fsp3) is 0.467. The first-order chi connectivity index (χ1) is 9.56. The van der Waals surface area contributed by atoms with E-state index in [1.165, 1.54) is 0 Å². The molecule has 0 unspecified atom stereocenters. The summed E-state index contributed by atoms with van der Waals surface area (Å²) in [5.41, 5.74) is 0.801. The summed E-state index contributed by atoms with van der Waals surface area (Å²) in [4.78, 5) is 23.1. The summed E-state index contributed by atoms with van der Waals surface area (Å²) >= 11 is 0. The average molecular weight is 276 g/mol. The topological polar surface area (TPSA) is 78.4 Å². The Morgan fingerprint density at radius 3 is 2.45 bits per heavy atom. The van der Waals surface area contributed by atoms with Crippen LogP contribution in [0.4, 0.5) is 4.79 Å². The molecule has 2 amide bonds. The van der Waals surface area contributed by atoms with Gasteiger partial charge in [0.2, 0.25) is 0 Å². The zero-order chi connectivity index (χ0) is 14.6. The third-order valence-electron chi connectivity index (χ3n) is 3.99. The third kappa shape index (κ3) is 3.50. The average Bonchev–Trinajstić information content (AvgIpc) is 3.24. The van der Waals surface area contributed by atoms with E-state index in [9.17, 15) is 14.7 Å². The lowest BCUT2D eigenvalue weighted by Crippen LogP contribution is -2.42. The van der Waals surface area contributed by atoms with Crippen molar-refractivity contribution in [2.75, 3.05) is 6.54 Å². The van der Waals surface area contributed by atoms with Crippen molar-refractivity contribution in [2.24, 2.45) is 5.41 Å². The standard InChI is InChI=1S/C15H20N2O3/c1-2-15(8-9-15)10-16-14(20)17-12(13(18)19)11-6-4-3-5-7-11/h3-7,12H,2,8-10H2,1H3,(H,18,19)(H2,16,17,20)/t12-/m0/s1. The second kappa shape index (κ2) is 5.94. The molecule has 1 atom stereocenters. The fourth-order valence-electron chi connectivity index (χ4n) is 2.22. The summed E-state index contributed by atoms with van der Waals surface area (Å²) in [5, 5.41) is 14.5. The molecule has 108 valence electrons. The molecule has 0 heterocycles. The van der Waals surface area contributed by atoms with Gasteiger partial charge in [-0.2, -0.15) is 0 Å². The van der Waals surface area contributed by atoms with Crippen LogP contribution in [0.2, 0.25) is 0 Å². The minimum Gasteiger partial charge on any atom is -0.479 e. The van der Waals surface area contributed by atoms with Gasteiger partial charge in [-0.25, -0.2) is 9.59 Å². The van der Waals surface area contributed by atoms with Crippen LogP contribution in [0.5, 0.6) is 0 Å². The van der Waals surface area contributed by atoms with Crippen LogP contribution in [0.25, 0.3) is 0 Å². The van der Waals surface area contributed by atoms with Gasteiger partial charge in [0.05, 0.1) is 0 Å². The first-order valence-electron chi connectivity index (χ1n) is 6.88. The summed E-state index contributed by atoms with van der Waals surface area (Å²) in [5.74, 6) is -1.07. The number of carbonyl (C=O) groups is 2. The Hall–Kier alpha value is -2.04. The van der Waals surface area contributed by atoms with E-state index in [0.29, 0.717) is 12.1 Å². The minimum absolute atomic E-state index is 0.239. The molecular weight excluding hydrogens is 256 g/mol. The monoisotopic (exact) mass is 276 g/mol. The molecule has 1 aromatic carbocycles. The Labute approximate surface area is 118 Å².